The Bertz CT molecular complexity index is 1140. The van der Waals surface area contributed by atoms with Crippen LogP contribution in [0.15, 0.2) is 54.4 Å². The van der Waals surface area contributed by atoms with Crippen LogP contribution in [0.3, 0.4) is 0 Å². The van der Waals surface area contributed by atoms with Gasteiger partial charge in [0.2, 0.25) is 0 Å². The van der Waals surface area contributed by atoms with Gasteiger partial charge in [0.15, 0.2) is 0 Å². The summed E-state index contributed by atoms with van der Waals surface area (Å²) in [4.78, 5) is 14.1. The van der Waals surface area contributed by atoms with Crippen molar-refractivity contribution >= 4 is 34.4 Å². The number of allylic oxidation sites excluding steroid dienone is 1. The van der Waals surface area contributed by atoms with Crippen LogP contribution in [0.5, 0.6) is 0 Å². The van der Waals surface area contributed by atoms with Crippen molar-refractivity contribution in [1.29, 1.82) is 0 Å². The largest absolute Gasteiger partial charge is 0.345 e. The fourth-order valence-electron chi connectivity index (χ4n) is 3.74. The van der Waals surface area contributed by atoms with E-state index < -0.39 is 0 Å². The number of carbonyl (C=O) groups is 1. The number of hydrogen-bond donors (Lipinski definition) is 1. The van der Waals surface area contributed by atoms with Crippen LogP contribution >= 0.6 is 11.9 Å². The van der Waals surface area contributed by atoms with E-state index in [1.165, 1.54) is 6.08 Å². The fourth-order valence-corrected chi connectivity index (χ4v) is 4.07. The molecule has 7 heteroatoms. The highest BCUT2D eigenvalue weighted by Crippen LogP contribution is 2.37. The maximum Gasteiger partial charge on any atom is 0.253 e. The third-order valence-corrected chi connectivity index (χ3v) is 6.16. The predicted octanol–water partition coefficient (Wildman–Crippen LogP) is 4.84. The zero-order valence-electron chi connectivity index (χ0n) is 18.6. The molecular weight excluding hydrogens is 411 g/mol. The van der Waals surface area contributed by atoms with E-state index in [0.717, 1.165) is 33.4 Å². The molecule has 0 bridgehead atoms. The van der Waals surface area contributed by atoms with Crippen LogP contribution in [-0.4, -0.2) is 49.3 Å². The highest BCUT2D eigenvalue weighted by molar-refractivity contribution is 7.99. The SMILES string of the molecule is CSN(C)c1cccc(-c2c(C)n(C/C(F)=C/CN)c3cc(C(=O)N(C)C)ccc23)c1. The third-order valence-electron chi connectivity index (χ3n) is 5.40. The number of amides is 1. The van der Waals surface area contributed by atoms with Crippen molar-refractivity contribution in [1.82, 2.24) is 9.47 Å². The van der Waals surface area contributed by atoms with Crippen LogP contribution in [0.2, 0.25) is 0 Å². The number of anilines is 1. The maximum atomic E-state index is 14.5. The number of aromatic nitrogens is 1. The molecular formula is C24H29FN4OS. The quantitative estimate of drug-likeness (QED) is 0.534. The van der Waals surface area contributed by atoms with Gasteiger partial charge in [-0.25, -0.2) is 4.39 Å². The second-order valence-electron chi connectivity index (χ2n) is 7.60. The molecule has 0 aliphatic rings. The van der Waals surface area contributed by atoms with Gasteiger partial charge >= 0.3 is 0 Å². The number of halogens is 1. The lowest BCUT2D eigenvalue weighted by molar-refractivity contribution is 0.0827. The zero-order valence-corrected chi connectivity index (χ0v) is 19.5. The highest BCUT2D eigenvalue weighted by atomic mass is 32.2. The average Bonchev–Trinajstić information content (AvgIpc) is 3.03. The molecule has 164 valence electrons. The first-order chi connectivity index (χ1) is 14.8. The Morgan fingerprint density at radius 1 is 1.19 bits per heavy atom. The summed E-state index contributed by atoms with van der Waals surface area (Å²) < 4.78 is 18.5. The summed E-state index contributed by atoms with van der Waals surface area (Å²) in [7, 11) is 5.46. The standard InChI is InChI=1S/C24H29FN4OS/c1-16-23(17-7-6-8-20(13-17)28(4)31-5)21-10-9-18(24(30)27(2)3)14-22(21)29(16)15-19(25)11-12-26/h6-11,13-14H,12,15,26H2,1-5H3/b19-11-. The number of fused-ring (bicyclic) bond motifs is 1. The molecule has 0 unspecified atom stereocenters. The van der Waals surface area contributed by atoms with Crippen molar-refractivity contribution in [2.45, 2.75) is 13.5 Å². The summed E-state index contributed by atoms with van der Waals surface area (Å²) in [5.41, 5.74) is 11.0. The minimum atomic E-state index is -0.297. The first-order valence-corrected chi connectivity index (χ1v) is 11.2. The lowest BCUT2D eigenvalue weighted by atomic mass is 10.0. The third kappa shape index (κ3) is 4.62. The predicted molar refractivity (Wildman–Crippen MR) is 130 cm³/mol. The van der Waals surface area contributed by atoms with E-state index in [2.05, 4.69) is 22.5 Å². The van der Waals surface area contributed by atoms with E-state index >= 15 is 0 Å². The molecule has 3 aromatic rings. The van der Waals surface area contributed by atoms with E-state index in [-0.39, 0.29) is 24.8 Å². The molecule has 0 saturated heterocycles. The van der Waals surface area contributed by atoms with Crippen LogP contribution in [0.1, 0.15) is 16.1 Å². The average molecular weight is 441 g/mol. The Morgan fingerprint density at radius 2 is 1.94 bits per heavy atom. The number of benzene rings is 2. The lowest BCUT2D eigenvalue weighted by Crippen LogP contribution is -2.21. The van der Waals surface area contributed by atoms with Crippen molar-refractivity contribution in [2.75, 3.05) is 38.2 Å². The fraction of sp³-hybridized carbons (Fsp3) is 0.292. The number of hydrogen-bond acceptors (Lipinski definition) is 4. The molecule has 1 aromatic heterocycles. The van der Waals surface area contributed by atoms with Gasteiger partial charge in [0.05, 0.1) is 12.1 Å². The first-order valence-electron chi connectivity index (χ1n) is 10.1. The summed E-state index contributed by atoms with van der Waals surface area (Å²) in [6, 6.07) is 13.9. The molecule has 0 radical (unpaired) electrons. The molecule has 31 heavy (non-hydrogen) atoms. The summed E-state index contributed by atoms with van der Waals surface area (Å²) in [5, 5.41) is 0.984. The van der Waals surface area contributed by atoms with Gasteiger partial charge in [-0.05, 0) is 42.8 Å². The summed E-state index contributed by atoms with van der Waals surface area (Å²) in [5.74, 6) is -0.385. The minimum Gasteiger partial charge on any atom is -0.345 e. The Hall–Kier alpha value is -2.77. The zero-order chi connectivity index (χ0) is 22.7. The van der Waals surface area contributed by atoms with Gasteiger partial charge in [0, 0.05) is 61.8 Å². The van der Waals surface area contributed by atoms with Crippen molar-refractivity contribution in [3.05, 3.63) is 65.6 Å². The van der Waals surface area contributed by atoms with E-state index in [4.69, 9.17) is 5.73 Å². The van der Waals surface area contributed by atoms with Crippen LogP contribution in [0.25, 0.3) is 22.0 Å². The van der Waals surface area contributed by atoms with E-state index in [9.17, 15) is 9.18 Å². The molecule has 2 aromatic carbocycles. The number of nitrogens with zero attached hydrogens (tertiary/aromatic N) is 3. The number of rotatable bonds is 7. The van der Waals surface area contributed by atoms with Crippen LogP contribution < -0.4 is 10.0 Å². The van der Waals surface area contributed by atoms with Crippen molar-refractivity contribution < 1.29 is 9.18 Å². The molecule has 0 aliphatic heterocycles. The molecule has 5 nitrogen and oxygen atoms in total. The molecule has 0 aliphatic carbocycles. The molecule has 1 heterocycles. The number of nitrogens with two attached hydrogens (primary N) is 1. The molecule has 0 saturated carbocycles. The smallest absolute Gasteiger partial charge is 0.253 e. The highest BCUT2D eigenvalue weighted by Gasteiger charge is 2.19. The molecule has 0 atom stereocenters. The van der Waals surface area contributed by atoms with Crippen molar-refractivity contribution in [3.8, 4) is 11.1 Å². The van der Waals surface area contributed by atoms with Crippen LogP contribution in [-0.2, 0) is 6.54 Å². The van der Waals surface area contributed by atoms with Gasteiger partial charge < -0.3 is 19.5 Å². The van der Waals surface area contributed by atoms with Gasteiger partial charge in [0.25, 0.3) is 5.91 Å². The van der Waals surface area contributed by atoms with Gasteiger partial charge in [-0.15, -0.1) is 0 Å². The normalized spacial score (nSPS) is 11.8. The summed E-state index contributed by atoms with van der Waals surface area (Å²) >= 11 is 1.63. The van der Waals surface area contributed by atoms with Gasteiger partial charge in [-0.2, -0.15) is 0 Å². The summed E-state index contributed by atoms with van der Waals surface area (Å²) in [6.45, 7) is 2.21. The maximum absolute atomic E-state index is 14.5. The first kappa shape index (κ1) is 22.9. The topological polar surface area (TPSA) is 54.5 Å². The molecule has 3 rings (SSSR count). The second kappa shape index (κ2) is 9.58. The Balaban J connectivity index is 2.26. The second-order valence-corrected chi connectivity index (χ2v) is 8.51. The Labute approximate surface area is 187 Å². The molecule has 0 fully saturated rings. The minimum absolute atomic E-state index is 0.0730. The van der Waals surface area contributed by atoms with E-state index in [1.54, 1.807) is 30.9 Å². The van der Waals surface area contributed by atoms with Gasteiger partial charge in [-0.1, -0.05) is 30.1 Å². The lowest BCUT2D eigenvalue weighted by Gasteiger charge is -2.16. The van der Waals surface area contributed by atoms with Crippen molar-refractivity contribution in [3.63, 3.8) is 0 Å². The number of carbonyl (C=O) groups excluding carboxylic acids is 1. The van der Waals surface area contributed by atoms with Crippen LogP contribution in [0.4, 0.5) is 10.1 Å². The Kier molecular flexibility index (Phi) is 7.08. The molecule has 1 amide bonds. The monoisotopic (exact) mass is 440 g/mol. The van der Waals surface area contributed by atoms with Crippen LogP contribution in [0, 0.1) is 6.92 Å². The van der Waals surface area contributed by atoms with E-state index in [1.807, 2.05) is 49.1 Å². The van der Waals surface area contributed by atoms with E-state index in [0.29, 0.717) is 5.56 Å². The van der Waals surface area contributed by atoms with Gasteiger partial charge in [-0.3, -0.25) is 4.79 Å². The molecule has 0 spiro atoms. The van der Waals surface area contributed by atoms with Crippen molar-refractivity contribution in [2.24, 2.45) is 5.73 Å². The summed E-state index contributed by atoms with van der Waals surface area (Å²) in [6.07, 6.45) is 3.41. The Morgan fingerprint density at radius 3 is 2.58 bits per heavy atom. The molecule has 2 N–H and O–H groups in total. The van der Waals surface area contributed by atoms with Gasteiger partial charge in [0.1, 0.15) is 5.83 Å².